The predicted octanol–water partition coefficient (Wildman–Crippen LogP) is 2.05. The van der Waals surface area contributed by atoms with E-state index in [0.29, 0.717) is 24.2 Å². The molecule has 1 aromatic carbocycles. The van der Waals surface area contributed by atoms with E-state index in [0.717, 1.165) is 0 Å². The van der Waals surface area contributed by atoms with Crippen LogP contribution in [-0.4, -0.2) is 23.8 Å². The second kappa shape index (κ2) is 3.26. The zero-order chi connectivity index (χ0) is 12.0. The van der Waals surface area contributed by atoms with Crippen molar-refractivity contribution in [1.29, 1.82) is 0 Å². The molecule has 4 nitrogen and oxygen atoms in total. The Morgan fingerprint density at radius 2 is 1.94 bits per heavy atom. The number of carbonyl (C=O) groups is 1. The number of methoxy groups -OCH3 is 1. The fraction of sp³-hybridized carbons (Fsp3) is 0.308. The van der Waals surface area contributed by atoms with Gasteiger partial charge in [-0.25, -0.2) is 4.79 Å². The largest absolute Gasteiger partial charge is 0.507 e. The van der Waals surface area contributed by atoms with Gasteiger partial charge in [0.15, 0.2) is 11.4 Å². The second-order valence-corrected chi connectivity index (χ2v) is 4.34. The van der Waals surface area contributed by atoms with Crippen molar-refractivity contribution in [3.8, 4) is 5.75 Å². The Labute approximate surface area is 98.5 Å². The summed E-state index contributed by atoms with van der Waals surface area (Å²) in [6.45, 7) is 0. The van der Waals surface area contributed by atoms with Crippen LogP contribution in [0.15, 0.2) is 30.0 Å². The van der Waals surface area contributed by atoms with E-state index >= 15 is 0 Å². The number of benzene rings is 1. The minimum atomic E-state index is -0.702. The Balaban J connectivity index is 2.02. The van der Waals surface area contributed by atoms with Gasteiger partial charge in [-0.3, -0.25) is 0 Å². The topological polar surface area (TPSA) is 55.8 Å². The Bertz CT molecular complexity index is 509. The van der Waals surface area contributed by atoms with Crippen molar-refractivity contribution < 1.29 is 19.4 Å². The summed E-state index contributed by atoms with van der Waals surface area (Å²) in [4.78, 5) is 11.7. The molecule has 17 heavy (non-hydrogen) atoms. The molecule has 0 saturated heterocycles. The summed E-state index contributed by atoms with van der Waals surface area (Å²) in [5, 5.41) is 10.0. The van der Waals surface area contributed by atoms with E-state index in [1.807, 2.05) is 0 Å². The zero-order valence-corrected chi connectivity index (χ0v) is 9.40. The fourth-order valence-corrected chi connectivity index (χ4v) is 2.07. The van der Waals surface area contributed by atoms with Crippen LogP contribution >= 0.6 is 0 Å². The van der Waals surface area contributed by atoms with Crippen LogP contribution in [-0.2, 0) is 9.53 Å². The average molecular weight is 232 g/mol. The van der Waals surface area contributed by atoms with Gasteiger partial charge in [0.2, 0.25) is 0 Å². The molecule has 1 heterocycles. The maximum atomic E-state index is 11.7. The van der Waals surface area contributed by atoms with Crippen LogP contribution < -0.4 is 4.74 Å². The third kappa shape index (κ3) is 1.40. The summed E-state index contributed by atoms with van der Waals surface area (Å²) in [6, 6.07) is 6.99. The number of ether oxygens (including phenoxy) is 2. The number of aliphatic hydroxyl groups excluding tert-OH is 1. The first kappa shape index (κ1) is 10.2. The highest BCUT2D eigenvalue weighted by Crippen LogP contribution is 2.52. The van der Waals surface area contributed by atoms with Crippen molar-refractivity contribution in [2.24, 2.45) is 0 Å². The van der Waals surface area contributed by atoms with E-state index in [4.69, 9.17) is 9.47 Å². The number of esters is 1. The molecule has 0 unspecified atom stereocenters. The molecule has 4 heteroatoms. The van der Waals surface area contributed by atoms with Gasteiger partial charge in [0.1, 0.15) is 11.3 Å². The summed E-state index contributed by atoms with van der Waals surface area (Å²) < 4.78 is 10.2. The molecular weight excluding hydrogens is 220 g/mol. The highest BCUT2D eigenvalue weighted by atomic mass is 16.6. The van der Waals surface area contributed by atoms with Crippen molar-refractivity contribution in [3.05, 3.63) is 35.6 Å². The second-order valence-electron chi connectivity index (χ2n) is 4.34. The average Bonchev–Trinajstić information content (AvgIpc) is 3.06. The molecule has 1 N–H and O–H groups in total. The van der Waals surface area contributed by atoms with Gasteiger partial charge < -0.3 is 14.6 Å². The van der Waals surface area contributed by atoms with E-state index in [2.05, 4.69) is 0 Å². The first-order valence-corrected chi connectivity index (χ1v) is 5.48. The first-order chi connectivity index (χ1) is 8.16. The Kier molecular flexibility index (Phi) is 1.96. The molecule has 1 spiro atoms. The lowest BCUT2D eigenvalue weighted by atomic mass is 10.0. The first-order valence-electron chi connectivity index (χ1n) is 5.48. The van der Waals surface area contributed by atoms with Gasteiger partial charge in [-0.2, -0.15) is 0 Å². The maximum absolute atomic E-state index is 11.7. The van der Waals surface area contributed by atoms with E-state index in [1.165, 1.54) is 0 Å². The third-order valence-corrected chi connectivity index (χ3v) is 3.24. The van der Waals surface area contributed by atoms with Gasteiger partial charge in [-0.15, -0.1) is 0 Å². The van der Waals surface area contributed by atoms with Gasteiger partial charge in [0.25, 0.3) is 0 Å². The normalized spacial score (nSPS) is 20.6. The van der Waals surface area contributed by atoms with Crippen LogP contribution in [0.2, 0.25) is 0 Å². The lowest BCUT2D eigenvalue weighted by Crippen LogP contribution is -2.11. The molecule has 0 radical (unpaired) electrons. The van der Waals surface area contributed by atoms with Crippen molar-refractivity contribution >= 4 is 11.5 Å². The van der Waals surface area contributed by atoms with E-state index in [-0.39, 0.29) is 11.3 Å². The molecule has 0 atom stereocenters. The monoisotopic (exact) mass is 232 g/mol. The zero-order valence-electron chi connectivity index (χ0n) is 9.40. The summed E-state index contributed by atoms with van der Waals surface area (Å²) in [5.74, 6) is 0.346. The van der Waals surface area contributed by atoms with Gasteiger partial charge >= 0.3 is 5.97 Å². The SMILES string of the molecule is COc1ccc(C2=C(O)C3(CC3)OC2=O)cc1. The van der Waals surface area contributed by atoms with Crippen LogP contribution in [0.4, 0.5) is 0 Å². The van der Waals surface area contributed by atoms with Crippen LogP contribution in [0, 0.1) is 0 Å². The number of carbonyl (C=O) groups excluding carboxylic acids is 1. The lowest BCUT2D eigenvalue weighted by Gasteiger charge is -2.04. The van der Waals surface area contributed by atoms with Gasteiger partial charge in [0.05, 0.1) is 7.11 Å². The van der Waals surface area contributed by atoms with Crippen molar-refractivity contribution in [1.82, 2.24) is 0 Å². The lowest BCUT2D eigenvalue weighted by molar-refractivity contribution is -0.140. The summed E-state index contributed by atoms with van der Waals surface area (Å²) in [6.07, 6.45) is 1.43. The number of rotatable bonds is 2. The number of aliphatic hydroxyl groups is 1. The Morgan fingerprint density at radius 3 is 2.41 bits per heavy atom. The minimum Gasteiger partial charge on any atom is -0.507 e. The molecule has 0 amide bonds. The fourth-order valence-electron chi connectivity index (χ4n) is 2.07. The molecule has 1 saturated carbocycles. The van der Waals surface area contributed by atoms with Gasteiger partial charge in [0, 0.05) is 0 Å². The summed E-state index contributed by atoms with van der Waals surface area (Å²) >= 11 is 0. The number of hydrogen-bond donors (Lipinski definition) is 1. The summed E-state index contributed by atoms with van der Waals surface area (Å²) in [7, 11) is 1.58. The van der Waals surface area contributed by atoms with Crippen LogP contribution in [0.5, 0.6) is 5.75 Å². The van der Waals surface area contributed by atoms with Crippen LogP contribution in [0.25, 0.3) is 5.57 Å². The minimum absolute atomic E-state index is 0.0765. The van der Waals surface area contributed by atoms with Crippen LogP contribution in [0.1, 0.15) is 18.4 Å². The molecule has 0 bridgehead atoms. The molecular formula is C13H12O4. The highest BCUT2D eigenvalue weighted by Gasteiger charge is 2.57. The molecule has 1 fully saturated rings. The standard InChI is InChI=1S/C13H12O4/c1-16-9-4-2-8(3-5-9)10-11(14)13(6-7-13)17-12(10)15/h2-5,14H,6-7H2,1H3. The van der Waals surface area contributed by atoms with Crippen molar-refractivity contribution in [2.75, 3.05) is 7.11 Å². The Morgan fingerprint density at radius 1 is 1.29 bits per heavy atom. The molecule has 1 aromatic rings. The van der Waals surface area contributed by atoms with Gasteiger partial charge in [-0.05, 0) is 30.5 Å². The van der Waals surface area contributed by atoms with Crippen LogP contribution in [0.3, 0.4) is 0 Å². The third-order valence-electron chi connectivity index (χ3n) is 3.24. The van der Waals surface area contributed by atoms with E-state index in [9.17, 15) is 9.90 Å². The summed E-state index contributed by atoms with van der Waals surface area (Å²) in [5.41, 5.74) is 0.244. The predicted molar refractivity (Wildman–Crippen MR) is 60.6 cm³/mol. The maximum Gasteiger partial charge on any atom is 0.343 e. The molecule has 0 aromatic heterocycles. The Hall–Kier alpha value is -1.97. The van der Waals surface area contributed by atoms with E-state index in [1.54, 1.807) is 31.4 Å². The molecule has 1 aliphatic heterocycles. The molecule has 3 rings (SSSR count). The van der Waals surface area contributed by atoms with E-state index < -0.39 is 11.6 Å². The quantitative estimate of drug-likeness (QED) is 0.793. The van der Waals surface area contributed by atoms with Gasteiger partial charge in [-0.1, -0.05) is 12.1 Å². The number of hydrogen-bond acceptors (Lipinski definition) is 4. The highest BCUT2D eigenvalue weighted by molar-refractivity contribution is 6.19. The van der Waals surface area contributed by atoms with Crippen molar-refractivity contribution in [3.63, 3.8) is 0 Å². The van der Waals surface area contributed by atoms with Crippen molar-refractivity contribution in [2.45, 2.75) is 18.4 Å². The molecule has 88 valence electrons. The smallest absolute Gasteiger partial charge is 0.343 e. The molecule has 1 aliphatic carbocycles. The molecule has 2 aliphatic rings.